The largest absolute Gasteiger partial charge is 0.489 e. The Labute approximate surface area is 130 Å². The summed E-state index contributed by atoms with van der Waals surface area (Å²) < 4.78 is 10.6. The SMILES string of the molecule is COC(=O)C[C@@H]1CCc2cc(OCc3ccccc3)ccc21. The number of fused-ring (bicyclic) bond motifs is 1. The van der Waals surface area contributed by atoms with Gasteiger partial charge in [-0.1, -0.05) is 36.4 Å². The van der Waals surface area contributed by atoms with Crippen LogP contribution in [0, 0.1) is 0 Å². The van der Waals surface area contributed by atoms with E-state index in [-0.39, 0.29) is 11.9 Å². The molecular formula is C19H20O3. The van der Waals surface area contributed by atoms with Crippen molar-refractivity contribution in [3.05, 3.63) is 65.2 Å². The minimum absolute atomic E-state index is 0.137. The average Bonchev–Trinajstić information content (AvgIpc) is 2.96. The number of aryl methyl sites for hydroxylation is 1. The van der Waals surface area contributed by atoms with E-state index in [1.54, 1.807) is 0 Å². The molecule has 114 valence electrons. The number of carbonyl (C=O) groups excluding carboxylic acids is 1. The fourth-order valence-corrected chi connectivity index (χ4v) is 3.01. The highest BCUT2D eigenvalue weighted by molar-refractivity contribution is 5.70. The summed E-state index contributed by atoms with van der Waals surface area (Å²) in [5.74, 6) is 1.04. The predicted molar refractivity (Wildman–Crippen MR) is 84.9 cm³/mol. The molecule has 0 unspecified atom stereocenters. The van der Waals surface area contributed by atoms with Gasteiger partial charge in [-0.2, -0.15) is 0 Å². The van der Waals surface area contributed by atoms with Crippen LogP contribution in [-0.4, -0.2) is 13.1 Å². The van der Waals surface area contributed by atoms with Gasteiger partial charge in [0.15, 0.2) is 0 Å². The van der Waals surface area contributed by atoms with E-state index in [1.165, 1.54) is 18.2 Å². The maximum atomic E-state index is 11.5. The summed E-state index contributed by atoms with van der Waals surface area (Å²) in [6, 6.07) is 16.3. The van der Waals surface area contributed by atoms with Crippen molar-refractivity contribution >= 4 is 5.97 Å². The van der Waals surface area contributed by atoms with Crippen molar-refractivity contribution in [3.8, 4) is 5.75 Å². The van der Waals surface area contributed by atoms with Gasteiger partial charge in [0.1, 0.15) is 12.4 Å². The number of ether oxygens (including phenoxy) is 2. The highest BCUT2D eigenvalue weighted by Crippen LogP contribution is 2.37. The fourth-order valence-electron chi connectivity index (χ4n) is 3.01. The zero-order valence-electron chi connectivity index (χ0n) is 12.7. The van der Waals surface area contributed by atoms with E-state index >= 15 is 0 Å². The second-order valence-electron chi connectivity index (χ2n) is 5.65. The summed E-state index contributed by atoms with van der Waals surface area (Å²) in [7, 11) is 1.44. The third kappa shape index (κ3) is 3.30. The molecule has 3 nitrogen and oxygen atoms in total. The molecule has 1 atom stereocenters. The molecule has 0 heterocycles. The minimum Gasteiger partial charge on any atom is -0.489 e. The van der Waals surface area contributed by atoms with Crippen LogP contribution >= 0.6 is 0 Å². The van der Waals surface area contributed by atoms with Crippen molar-refractivity contribution < 1.29 is 14.3 Å². The molecule has 0 amide bonds. The zero-order valence-corrected chi connectivity index (χ0v) is 12.7. The van der Waals surface area contributed by atoms with Crippen LogP contribution in [0.25, 0.3) is 0 Å². The van der Waals surface area contributed by atoms with Gasteiger partial charge < -0.3 is 9.47 Å². The van der Waals surface area contributed by atoms with Crippen molar-refractivity contribution in [1.82, 2.24) is 0 Å². The first-order chi connectivity index (χ1) is 10.8. The van der Waals surface area contributed by atoms with Gasteiger partial charge in [-0.25, -0.2) is 0 Å². The molecule has 0 bridgehead atoms. The van der Waals surface area contributed by atoms with E-state index in [9.17, 15) is 4.79 Å². The molecule has 0 spiro atoms. The smallest absolute Gasteiger partial charge is 0.306 e. The highest BCUT2D eigenvalue weighted by Gasteiger charge is 2.25. The number of esters is 1. The van der Waals surface area contributed by atoms with Crippen LogP contribution in [0.5, 0.6) is 5.75 Å². The molecule has 2 aromatic rings. The van der Waals surface area contributed by atoms with Crippen molar-refractivity contribution in [2.75, 3.05) is 7.11 Å². The van der Waals surface area contributed by atoms with Crippen LogP contribution in [0.4, 0.5) is 0 Å². The quantitative estimate of drug-likeness (QED) is 0.786. The molecule has 0 saturated heterocycles. The minimum atomic E-state index is -0.137. The van der Waals surface area contributed by atoms with Crippen molar-refractivity contribution in [2.24, 2.45) is 0 Å². The molecule has 0 saturated carbocycles. The van der Waals surface area contributed by atoms with Crippen LogP contribution in [0.15, 0.2) is 48.5 Å². The lowest BCUT2D eigenvalue weighted by Gasteiger charge is -2.11. The molecule has 1 aliphatic rings. The number of carbonyl (C=O) groups is 1. The fraction of sp³-hybridized carbons (Fsp3) is 0.316. The molecule has 3 rings (SSSR count). The van der Waals surface area contributed by atoms with Crippen molar-refractivity contribution in [2.45, 2.75) is 31.8 Å². The van der Waals surface area contributed by atoms with Crippen LogP contribution in [0.2, 0.25) is 0 Å². The zero-order chi connectivity index (χ0) is 15.4. The normalized spacial score (nSPS) is 16.1. The standard InChI is InChI=1S/C19H20O3/c1-21-19(20)12-16-8-7-15-11-17(9-10-18(15)16)22-13-14-5-3-2-4-6-14/h2-6,9-11,16H,7-8,12-13H2,1H3/t16-/m0/s1. The number of hydrogen-bond donors (Lipinski definition) is 0. The van der Waals surface area contributed by atoms with E-state index < -0.39 is 0 Å². The van der Waals surface area contributed by atoms with Crippen molar-refractivity contribution in [3.63, 3.8) is 0 Å². The van der Waals surface area contributed by atoms with Gasteiger partial charge in [0.2, 0.25) is 0 Å². The third-order valence-corrected chi connectivity index (χ3v) is 4.21. The number of hydrogen-bond acceptors (Lipinski definition) is 3. The lowest BCUT2D eigenvalue weighted by atomic mass is 9.98. The average molecular weight is 296 g/mol. The van der Waals surface area contributed by atoms with Gasteiger partial charge in [-0.05, 0) is 47.6 Å². The Morgan fingerprint density at radius 1 is 1.18 bits per heavy atom. The van der Waals surface area contributed by atoms with Gasteiger partial charge in [0.05, 0.1) is 13.5 Å². The van der Waals surface area contributed by atoms with Gasteiger partial charge in [0.25, 0.3) is 0 Å². The molecule has 0 N–H and O–H groups in total. The second kappa shape index (κ2) is 6.65. The second-order valence-corrected chi connectivity index (χ2v) is 5.65. The number of rotatable bonds is 5. The topological polar surface area (TPSA) is 35.5 Å². The molecule has 0 aliphatic heterocycles. The lowest BCUT2D eigenvalue weighted by Crippen LogP contribution is -2.06. The third-order valence-electron chi connectivity index (χ3n) is 4.21. The lowest BCUT2D eigenvalue weighted by molar-refractivity contribution is -0.141. The first kappa shape index (κ1) is 14.6. The number of methoxy groups -OCH3 is 1. The number of benzene rings is 2. The van der Waals surface area contributed by atoms with E-state index in [4.69, 9.17) is 9.47 Å². The summed E-state index contributed by atoms with van der Waals surface area (Å²) in [6.45, 7) is 0.575. The van der Waals surface area contributed by atoms with Crippen LogP contribution in [0.1, 0.15) is 35.4 Å². The summed E-state index contributed by atoms with van der Waals surface area (Å²) in [5, 5.41) is 0. The molecule has 0 radical (unpaired) electrons. The molecular weight excluding hydrogens is 276 g/mol. The maximum Gasteiger partial charge on any atom is 0.306 e. The Hall–Kier alpha value is -2.29. The van der Waals surface area contributed by atoms with E-state index in [0.29, 0.717) is 13.0 Å². The Kier molecular flexibility index (Phi) is 4.42. The molecule has 0 aromatic heterocycles. The Morgan fingerprint density at radius 3 is 2.77 bits per heavy atom. The monoisotopic (exact) mass is 296 g/mol. The molecule has 22 heavy (non-hydrogen) atoms. The Morgan fingerprint density at radius 2 is 2.00 bits per heavy atom. The van der Waals surface area contributed by atoms with Gasteiger partial charge in [-0.3, -0.25) is 4.79 Å². The highest BCUT2D eigenvalue weighted by atomic mass is 16.5. The summed E-state index contributed by atoms with van der Waals surface area (Å²) in [4.78, 5) is 11.5. The first-order valence-corrected chi connectivity index (χ1v) is 7.62. The predicted octanol–water partition coefficient (Wildman–Crippen LogP) is 3.86. The summed E-state index contributed by atoms with van der Waals surface area (Å²) >= 11 is 0. The van der Waals surface area contributed by atoms with E-state index in [0.717, 1.165) is 24.2 Å². The molecule has 3 heteroatoms. The van der Waals surface area contributed by atoms with E-state index in [1.807, 2.05) is 24.3 Å². The maximum absolute atomic E-state index is 11.5. The first-order valence-electron chi connectivity index (χ1n) is 7.62. The van der Waals surface area contributed by atoms with Crippen LogP contribution in [-0.2, 0) is 22.6 Å². The Bertz CT molecular complexity index is 649. The van der Waals surface area contributed by atoms with Crippen molar-refractivity contribution in [1.29, 1.82) is 0 Å². The summed E-state index contributed by atoms with van der Waals surface area (Å²) in [6.07, 6.45) is 2.47. The Balaban J connectivity index is 1.66. The van der Waals surface area contributed by atoms with Gasteiger partial charge >= 0.3 is 5.97 Å². The van der Waals surface area contributed by atoms with Gasteiger partial charge in [-0.15, -0.1) is 0 Å². The summed E-state index contributed by atoms with van der Waals surface area (Å²) in [5.41, 5.74) is 3.71. The van der Waals surface area contributed by atoms with Crippen LogP contribution in [0.3, 0.4) is 0 Å². The molecule has 0 fully saturated rings. The molecule has 2 aromatic carbocycles. The van der Waals surface area contributed by atoms with Crippen LogP contribution < -0.4 is 4.74 Å². The molecule has 1 aliphatic carbocycles. The van der Waals surface area contributed by atoms with E-state index in [2.05, 4.69) is 24.3 Å². The van der Waals surface area contributed by atoms with Gasteiger partial charge in [0, 0.05) is 0 Å².